The number of aliphatic hydroxyl groups is 1. The summed E-state index contributed by atoms with van der Waals surface area (Å²) >= 11 is 0. The molecular weight excluding hydrogens is 384 g/mol. The van der Waals surface area contributed by atoms with Crippen LogP contribution < -0.4 is 0 Å². The third kappa shape index (κ3) is 3.80. The van der Waals surface area contributed by atoms with Gasteiger partial charge in [0.15, 0.2) is 0 Å². The Morgan fingerprint density at radius 2 is 1.94 bits per heavy atom. The summed E-state index contributed by atoms with van der Waals surface area (Å²) in [5.41, 5.74) is 1.22. The molecule has 4 aliphatic rings. The second-order valence-corrected chi connectivity index (χ2v) is 12.3. The molecular formula is C27H44N2O2. The first-order chi connectivity index (χ1) is 14.8. The Morgan fingerprint density at radius 1 is 1.13 bits per heavy atom. The van der Waals surface area contributed by atoms with Gasteiger partial charge < -0.3 is 9.84 Å². The molecule has 4 saturated carbocycles. The maximum Gasteiger partial charge on any atom is 0.0882 e. The molecule has 0 spiro atoms. The lowest BCUT2D eigenvalue weighted by atomic mass is 9.48. The van der Waals surface area contributed by atoms with Crippen molar-refractivity contribution >= 4 is 0 Å². The van der Waals surface area contributed by atoms with Crippen LogP contribution in [0.2, 0.25) is 0 Å². The molecule has 1 N–H and O–H groups in total. The van der Waals surface area contributed by atoms with Crippen molar-refractivity contribution in [2.45, 2.75) is 90.7 Å². The van der Waals surface area contributed by atoms with Gasteiger partial charge in [0, 0.05) is 19.9 Å². The first-order valence-corrected chi connectivity index (χ1v) is 13.0. The maximum absolute atomic E-state index is 11.0. The second-order valence-electron chi connectivity index (χ2n) is 12.3. The molecule has 4 nitrogen and oxygen atoms in total. The smallest absolute Gasteiger partial charge is 0.0882 e. The lowest BCUT2D eigenvalue weighted by molar-refractivity contribution is -0.126. The van der Waals surface area contributed by atoms with Crippen LogP contribution in [0.15, 0.2) is 12.4 Å². The van der Waals surface area contributed by atoms with E-state index in [4.69, 9.17) is 4.74 Å². The maximum atomic E-state index is 11.0. The molecule has 1 aromatic rings. The van der Waals surface area contributed by atoms with Gasteiger partial charge in [0.25, 0.3) is 0 Å². The fraction of sp³-hybridized carbons (Fsp3) is 0.889. The van der Waals surface area contributed by atoms with Gasteiger partial charge in [0.05, 0.1) is 18.4 Å². The first kappa shape index (κ1) is 21.9. The summed E-state index contributed by atoms with van der Waals surface area (Å²) in [7, 11) is 1.73. The Labute approximate surface area is 189 Å². The van der Waals surface area contributed by atoms with Crippen molar-refractivity contribution in [2.75, 3.05) is 13.7 Å². The monoisotopic (exact) mass is 428 g/mol. The van der Waals surface area contributed by atoms with Gasteiger partial charge in [-0.15, -0.1) is 0 Å². The van der Waals surface area contributed by atoms with E-state index in [-0.39, 0.29) is 0 Å². The highest BCUT2D eigenvalue weighted by Gasteiger charge is 2.58. The minimum atomic E-state index is -0.565. The largest absolute Gasteiger partial charge is 0.387 e. The summed E-state index contributed by atoms with van der Waals surface area (Å²) < 4.78 is 7.54. The lowest BCUT2D eigenvalue weighted by Crippen LogP contribution is -2.52. The highest BCUT2D eigenvalue weighted by Crippen LogP contribution is 2.65. The van der Waals surface area contributed by atoms with Gasteiger partial charge in [-0.2, -0.15) is 5.10 Å². The molecule has 9 atom stereocenters. The van der Waals surface area contributed by atoms with Crippen LogP contribution in [-0.4, -0.2) is 34.2 Å². The Bertz CT molecular complexity index is 777. The average molecular weight is 429 g/mol. The summed E-state index contributed by atoms with van der Waals surface area (Å²) in [5, 5.41) is 15.6. The van der Waals surface area contributed by atoms with E-state index < -0.39 is 5.60 Å². The van der Waals surface area contributed by atoms with Crippen LogP contribution in [0, 0.1) is 53.8 Å². The van der Waals surface area contributed by atoms with Crippen molar-refractivity contribution < 1.29 is 9.84 Å². The zero-order chi connectivity index (χ0) is 21.8. The number of ether oxygens (including phenoxy) is 1. The highest BCUT2D eigenvalue weighted by molar-refractivity contribution is 5.08. The number of aryl methyl sites for hydroxylation is 1. The van der Waals surface area contributed by atoms with Crippen molar-refractivity contribution in [1.29, 1.82) is 0 Å². The van der Waals surface area contributed by atoms with E-state index in [9.17, 15) is 5.11 Å². The molecule has 0 aliphatic heterocycles. The quantitative estimate of drug-likeness (QED) is 0.676. The van der Waals surface area contributed by atoms with E-state index in [1.54, 1.807) is 7.11 Å². The molecule has 0 bridgehead atoms. The summed E-state index contributed by atoms with van der Waals surface area (Å²) in [6.45, 7) is 8.86. The first-order valence-electron chi connectivity index (χ1n) is 13.0. The Morgan fingerprint density at radius 3 is 2.68 bits per heavy atom. The highest BCUT2D eigenvalue weighted by atomic mass is 16.5. The van der Waals surface area contributed by atoms with Gasteiger partial charge in [-0.25, -0.2) is 0 Å². The van der Waals surface area contributed by atoms with Crippen LogP contribution >= 0.6 is 0 Å². The van der Waals surface area contributed by atoms with Crippen molar-refractivity contribution in [3.8, 4) is 0 Å². The summed E-state index contributed by atoms with van der Waals surface area (Å²) in [6, 6.07) is 0. The molecule has 31 heavy (non-hydrogen) atoms. The van der Waals surface area contributed by atoms with Crippen molar-refractivity contribution in [3.05, 3.63) is 18.0 Å². The average Bonchev–Trinajstić information content (AvgIpc) is 3.29. The molecule has 4 fully saturated rings. The topological polar surface area (TPSA) is 47.3 Å². The standard InChI is InChI=1S/C27H44N2O2/c1-18-14-28-29(15-18)16-19(2)24-7-8-25-23-6-5-20-13-27(30,17-31-4)12-10-21(20)22(23)9-11-26(24,25)3/h14-15,19-25,30H,5-13,16-17H2,1-4H3/t19-,20+,21-,22+,23+,24?,25-,26+,27+/m0/s1. The van der Waals surface area contributed by atoms with E-state index >= 15 is 0 Å². The van der Waals surface area contributed by atoms with Gasteiger partial charge in [-0.05, 0) is 117 Å². The number of methoxy groups -OCH3 is 1. The summed E-state index contributed by atoms with van der Waals surface area (Å²) in [6.07, 6.45) is 15.7. The predicted molar refractivity (Wildman–Crippen MR) is 124 cm³/mol. The molecule has 1 aromatic heterocycles. The van der Waals surface area contributed by atoms with E-state index in [2.05, 4.69) is 36.7 Å². The number of nitrogens with zero attached hydrogens (tertiary/aromatic N) is 2. The van der Waals surface area contributed by atoms with Crippen LogP contribution in [0.1, 0.15) is 77.2 Å². The van der Waals surface area contributed by atoms with Gasteiger partial charge in [0.1, 0.15) is 0 Å². The third-order valence-electron chi connectivity index (χ3n) is 10.5. The Hall–Kier alpha value is -0.870. The van der Waals surface area contributed by atoms with Crippen LogP contribution in [-0.2, 0) is 11.3 Å². The molecule has 4 aliphatic carbocycles. The van der Waals surface area contributed by atoms with Crippen molar-refractivity contribution in [3.63, 3.8) is 0 Å². The van der Waals surface area contributed by atoms with Crippen LogP contribution in [0.5, 0.6) is 0 Å². The third-order valence-corrected chi connectivity index (χ3v) is 10.5. The van der Waals surface area contributed by atoms with Gasteiger partial charge in [0.2, 0.25) is 0 Å². The van der Waals surface area contributed by atoms with E-state index in [0.29, 0.717) is 17.9 Å². The molecule has 174 valence electrons. The fourth-order valence-corrected chi connectivity index (χ4v) is 9.33. The Balaban J connectivity index is 1.28. The zero-order valence-corrected chi connectivity index (χ0v) is 20.2. The van der Waals surface area contributed by atoms with Gasteiger partial charge in [-0.3, -0.25) is 4.68 Å². The van der Waals surface area contributed by atoms with Gasteiger partial charge in [-0.1, -0.05) is 13.8 Å². The molecule has 1 heterocycles. The SMILES string of the molecule is COC[C@@]1(O)CC[C@H]2[C@H](CC[C@@H]3[C@@H]2CC[C@]2(C)C([C@@H](C)Cn4cc(C)cn4)CC[C@@H]32)C1. The molecule has 0 amide bonds. The molecule has 4 heteroatoms. The number of aromatic nitrogens is 2. The normalized spacial score (nSPS) is 45.6. The predicted octanol–water partition coefficient (Wildman–Crippen LogP) is 5.47. The number of hydrogen-bond acceptors (Lipinski definition) is 3. The number of rotatable bonds is 5. The van der Waals surface area contributed by atoms with Crippen molar-refractivity contribution in [1.82, 2.24) is 9.78 Å². The molecule has 0 radical (unpaired) electrons. The summed E-state index contributed by atoms with van der Waals surface area (Å²) in [4.78, 5) is 0. The summed E-state index contributed by atoms with van der Waals surface area (Å²) in [5.74, 6) is 5.85. The minimum Gasteiger partial charge on any atom is -0.387 e. The molecule has 1 unspecified atom stereocenters. The van der Waals surface area contributed by atoms with Crippen molar-refractivity contribution in [2.24, 2.45) is 46.8 Å². The molecule has 0 saturated heterocycles. The van der Waals surface area contributed by atoms with Gasteiger partial charge >= 0.3 is 0 Å². The zero-order valence-electron chi connectivity index (χ0n) is 20.2. The van der Waals surface area contributed by atoms with E-state index in [1.165, 1.54) is 50.5 Å². The number of fused-ring (bicyclic) bond motifs is 5. The minimum absolute atomic E-state index is 0.514. The Kier molecular flexibility index (Phi) is 5.78. The fourth-order valence-electron chi connectivity index (χ4n) is 9.33. The molecule has 0 aromatic carbocycles. The second kappa shape index (κ2) is 8.17. The van der Waals surface area contributed by atoms with E-state index in [1.807, 2.05) is 6.20 Å². The van der Waals surface area contributed by atoms with E-state index in [0.717, 1.165) is 54.9 Å². The van der Waals surface area contributed by atoms with Crippen LogP contribution in [0.25, 0.3) is 0 Å². The lowest BCUT2D eigenvalue weighted by Gasteiger charge is -2.57. The van der Waals surface area contributed by atoms with Crippen LogP contribution in [0.4, 0.5) is 0 Å². The molecule has 5 rings (SSSR count). The number of hydrogen-bond donors (Lipinski definition) is 1. The van der Waals surface area contributed by atoms with Crippen LogP contribution in [0.3, 0.4) is 0 Å².